The van der Waals surface area contributed by atoms with Crippen molar-refractivity contribution < 1.29 is 4.79 Å². The van der Waals surface area contributed by atoms with Gasteiger partial charge >= 0.3 is 0 Å². The zero-order valence-electron chi connectivity index (χ0n) is 12.9. The number of amides is 1. The van der Waals surface area contributed by atoms with Gasteiger partial charge in [-0.05, 0) is 38.3 Å². The predicted octanol–water partition coefficient (Wildman–Crippen LogP) is 3.83. The Balaban J connectivity index is 2.20. The van der Waals surface area contributed by atoms with Gasteiger partial charge in [0.2, 0.25) is 0 Å². The number of aryl methyl sites for hydroxylation is 1. The molecule has 1 N–H and O–H groups in total. The summed E-state index contributed by atoms with van der Waals surface area (Å²) < 4.78 is 0. The SMILES string of the molecule is CCCNc1ccc(C)cc1C(=O)N(C)C1CCCC1. The maximum Gasteiger partial charge on any atom is 0.255 e. The van der Waals surface area contributed by atoms with E-state index in [1.165, 1.54) is 12.8 Å². The van der Waals surface area contributed by atoms with Crippen LogP contribution < -0.4 is 5.32 Å². The summed E-state index contributed by atoms with van der Waals surface area (Å²) >= 11 is 0. The third kappa shape index (κ3) is 3.33. The maximum atomic E-state index is 12.8. The number of carbonyl (C=O) groups excluding carboxylic acids is 1. The molecule has 3 nitrogen and oxygen atoms in total. The number of nitrogens with zero attached hydrogens (tertiary/aromatic N) is 1. The first kappa shape index (κ1) is 14.9. The normalized spacial score (nSPS) is 15.3. The molecule has 0 aromatic heterocycles. The number of hydrogen-bond donors (Lipinski definition) is 1. The smallest absolute Gasteiger partial charge is 0.255 e. The van der Waals surface area contributed by atoms with Crippen molar-refractivity contribution in [3.8, 4) is 0 Å². The molecule has 0 radical (unpaired) electrons. The first-order valence-electron chi connectivity index (χ1n) is 7.75. The highest BCUT2D eigenvalue weighted by Crippen LogP contribution is 2.26. The molecule has 2 rings (SSSR count). The van der Waals surface area contributed by atoms with Gasteiger partial charge in [0.05, 0.1) is 5.56 Å². The van der Waals surface area contributed by atoms with Crippen molar-refractivity contribution in [2.24, 2.45) is 0 Å². The molecule has 0 spiro atoms. The fraction of sp³-hybridized carbons (Fsp3) is 0.588. The Bertz CT molecular complexity index is 464. The van der Waals surface area contributed by atoms with Crippen LogP contribution in [0.4, 0.5) is 5.69 Å². The fourth-order valence-electron chi connectivity index (χ4n) is 2.90. The highest BCUT2D eigenvalue weighted by atomic mass is 16.2. The second-order valence-corrected chi connectivity index (χ2v) is 5.83. The van der Waals surface area contributed by atoms with Gasteiger partial charge in [-0.1, -0.05) is 31.4 Å². The summed E-state index contributed by atoms with van der Waals surface area (Å²) in [6.45, 7) is 5.07. The van der Waals surface area contributed by atoms with Gasteiger partial charge in [-0.3, -0.25) is 4.79 Å². The van der Waals surface area contributed by atoms with Crippen molar-refractivity contribution in [2.45, 2.75) is 52.0 Å². The van der Waals surface area contributed by atoms with Gasteiger partial charge in [-0.25, -0.2) is 0 Å². The fourth-order valence-corrected chi connectivity index (χ4v) is 2.90. The van der Waals surface area contributed by atoms with E-state index in [2.05, 4.69) is 18.3 Å². The topological polar surface area (TPSA) is 32.3 Å². The average Bonchev–Trinajstić information content (AvgIpc) is 2.98. The zero-order chi connectivity index (χ0) is 14.5. The summed E-state index contributed by atoms with van der Waals surface area (Å²) in [5.74, 6) is 0.152. The van der Waals surface area contributed by atoms with E-state index in [0.717, 1.165) is 42.6 Å². The van der Waals surface area contributed by atoms with Gasteiger partial charge < -0.3 is 10.2 Å². The molecular weight excluding hydrogens is 248 g/mol. The van der Waals surface area contributed by atoms with Crippen molar-refractivity contribution >= 4 is 11.6 Å². The van der Waals surface area contributed by atoms with E-state index in [-0.39, 0.29) is 5.91 Å². The Morgan fingerprint density at radius 3 is 2.70 bits per heavy atom. The molecule has 0 aliphatic heterocycles. The maximum absolute atomic E-state index is 12.8. The number of nitrogens with one attached hydrogen (secondary N) is 1. The van der Waals surface area contributed by atoms with E-state index < -0.39 is 0 Å². The quantitative estimate of drug-likeness (QED) is 0.885. The number of rotatable bonds is 5. The standard InChI is InChI=1S/C17H26N2O/c1-4-11-18-16-10-9-13(2)12-15(16)17(20)19(3)14-7-5-6-8-14/h9-10,12,14,18H,4-8,11H2,1-3H3. The molecule has 1 amide bonds. The second-order valence-electron chi connectivity index (χ2n) is 5.83. The monoisotopic (exact) mass is 274 g/mol. The molecule has 20 heavy (non-hydrogen) atoms. The highest BCUT2D eigenvalue weighted by Gasteiger charge is 2.25. The Morgan fingerprint density at radius 2 is 2.05 bits per heavy atom. The molecule has 1 fully saturated rings. The van der Waals surface area contributed by atoms with E-state index in [1.54, 1.807) is 0 Å². The van der Waals surface area contributed by atoms with Crippen LogP contribution in [-0.2, 0) is 0 Å². The summed E-state index contributed by atoms with van der Waals surface area (Å²) in [5, 5.41) is 3.37. The number of benzene rings is 1. The predicted molar refractivity (Wildman–Crippen MR) is 84.3 cm³/mol. The van der Waals surface area contributed by atoms with Crippen LogP contribution in [0, 0.1) is 6.92 Å². The molecule has 0 atom stereocenters. The third-order valence-corrected chi connectivity index (χ3v) is 4.16. The third-order valence-electron chi connectivity index (χ3n) is 4.16. The highest BCUT2D eigenvalue weighted by molar-refractivity contribution is 5.99. The summed E-state index contributed by atoms with van der Waals surface area (Å²) in [5.41, 5.74) is 2.91. The van der Waals surface area contributed by atoms with Crippen molar-refractivity contribution in [3.05, 3.63) is 29.3 Å². The molecule has 0 saturated heterocycles. The Kier molecular flexibility index (Phi) is 5.05. The zero-order valence-corrected chi connectivity index (χ0v) is 12.9. The minimum absolute atomic E-state index is 0.152. The van der Waals surface area contributed by atoms with Crippen molar-refractivity contribution in [2.75, 3.05) is 18.9 Å². The van der Waals surface area contributed by atoms with Crippen LogP contribution >= 0.6 is 0 Å². The first-order valence-corrected chi connectivity index (χ1v) is 7.75. The molecule has 0 unspecified atom stereocenters. The Hall–Kier alpha value is -1.51. The van der Waals surface area contributed by atoms with Crippen LogP contribution in [0.1, 0.15) is 54.9 Å². The van der Waals surface area contributed by atoms with Gasteiger partial charge in [-0.2, -0.15) is 0 Å². The number of hydrogen-bond acceptors (Lipinski definition) is 2. The molecule has 1 aliphatic rings. The molecular formula is C17H26N2O. The molecule has 0 heterocycles. The van der Waals surface area contributed by atoms with Gasteiger partial charge in [0, 0.05) is 25.3 Å². The van der Waals surface area contributed by atoms with E-state index >= 15 is 0 Å². The van der Waals surface area contributed by atoms with Gasteiger partial charge in [0.15, 0.2) is 0 Å². The largest absolute Gasteiger partial charge is 0.384 e. The van der Waals surface area contributed by atoms with Crippen LogP contribution in [0.15, 0.2) is 18.2 Å². The van der Waals surface area contributed by atoms with Crippen LogP contribution in [0.25, 0.3) is 0 Å². The lowest BCUT2D eigenvalue weighted by Crippen LogP contribution is -2.35. The van der Waals surface area contributed by atoms with Crippen molar-refractivity contribution in [1.29, 1.82) is 0 Å². The van der Waals surface area contributed by atoms with Gasteiger partial charge in [0.25, 0.3) is 5.91 Å². The number of anilines is 1. The lowest BCUT2D eigenvalue weighted by molar-refractivity contribution is 0.0736. The van der Waals surface area contributed by atoms with Crippen LogP contribution in [0.3, 0.4) is 0 Å². The van der Waals surface area contributed by atoms with Gasteiger partial charge in [-0.15, -0.1) is 0 Å². The van der Waals surface area contributed by atoms with E-state index in [4.69, 9.17) is 0 Å². The summed E-state index contributed by atoms with van der Waals surface area (Å²) in [6, 6.07) is 6.51. The Labute approximate surface area is 122 Å². The molecule has 1 aliphatic carbocycles. The lowest BCUT2D eigenvalue weighted by atomic mass is 10.1. The molecule has 1 aromatic carbocycles. The van der Waals surface area contributed by atoms with Crippen LogP contribution in [0.5, 0.6) is 0 Å². The second kappa shape index (κ2) is 6.78. The minimum Gasteiger partial charge on any atom is -0.384 e. The summed E-state index contributed by atoms with van der Waals surface area (Å²) in [4.78, 5) is 14.7. The summed E-state index contributed by atoms with van der Waals surface area (Å²) in [6.07, 6.45) is 5.84. The first-order chi connectivity index (χ1) is 9.63. The molecule has 1 aromatic rings. The van der Waals surface area contributed by atoms with Crippen LogP contribution in [-0.4, -0.2) is 30.4 Å². The summed E-state index contributed by atoms with van der Waals surface area (Å²) in [7, 11) is 1.95. The molecule has 3 heteroatoms. The van der Waals surface area contributed by atoms with E-state index in [9.17, 15) is 4.79 Å². The van der Waals surface area contributed by atoms with Crippen molar-refractivity contribution in [3.63, 3.8) is 0 Å². The lowest BCUT2D eigenvalue weighted by Gasteiger charge is -2.25. The average molecular weight is 274 g/mol. The molecule has 110 valence electrons. The van der Waals surface area contributed by atoms with Gasteiger partial charge in [0.1, 0.15) is 0 Å². The minimum atomic E-state index is 0.152. The van der Waals surface area contributed by atoms with Crippen molar-refractivity contribution in [1.82, 2.24) is 4.90 Å². The number of carbonyl (C=O) groups is 1. The Morgan fingerprint density at radius 1 is 1.35 bits per heavy atom. The molecule has 0 bridgehead atoms. The van der Waals surface area contributed by atoms with E-state index in [0.29, 0.717) is 6.04 Å². The van der Waals surface area contributed by atoms with E-state index in [1.807, 2.05) is 31.0 Å². The van der Waals surface area contributed by atoms with Crippen LogP contribution in [0.2, 0.25) is 0 Å². The molecule has 1 saturated carbocycles.